The first kappa shape index (κ1) is 19.5. The minimum absolute atomic E-state index is 0.515. The lowest BCUT2D eigenvalue weighted by Crippen LogP contribution is -2.30. The highest BCUT2D eigenvalue weighted by atomic mass is 79.9. The molecule has 0 saturated carbocycles. The van der Waals surface area contributed by atoms with Crippen LogP contribution in [0.1, 0.15) is 12.0 Å². The number of hydrogen-bond acceptors (Lipinski definition) is 3. The summed E-state index contributed by atoms with van der Waals surface area (Å²) >= 11 is 20.8. The molecule has 0 aliphatic carbocycles. The molecule has 24 heavy (non-hydrogen) atoms. The van der Waals surface area contributed by atoms with E-state index in [0.717, 1.165) is 23.0 Å². The molecular weight excluding hydrogens is 435 g/mol. The van der Waals surface area contributed by atoms with Crippen molar-refractivity contribution in [2.24, 2.45) is 0 Å². The largest absolute Gasteiger partial charge is 0.385 e. The van der Waals surface area contributed by atoms with Crippen LogP contribution in [0.25, 0.3) is 0 Å². The van der Waals surface area contributed by atoms with E-state index in [0.29, 0.717) is 34.1 Å². The van der Waals surface area contributed by atoms with Gasteiger partial charge < -0.3 is 15.4 Å². The zero-order chi connectivity index (χ0) is 17.5. The molecule has 0 unspecified atom stereocenters. The number of halogens is 3. The van der Waals surface area contributed by atoms with Gasteiger partial charge in [-0.1, -0.05) is 29.3 Å². The molecule has 2 aromatic rings. The molecule has 1 aromatic carbocycles. The highest BCUT2D eigenvalue weighted by Crippen LogP contribution is 2.24. The molecule has 130 valence electrons. The van der Waals surface area contributed by atoms with Crippen LogP contribution in [0, 0.1) is 0 Å². The molecule has 0 amide bonds. The SMILES string of the molecule is COCCCNC(=S)Nc1nn(Cc2ccc(Cl)cc2Cl)cc1Br. The number of benzene rings is 1. The third-order valence-electron chi connectivity index (χ3n) is 3.11. The molecule has 1 aromatic heterocycles. The van der Waals surface area contributed by atoms with Gasteiger partial charge in [0.05, 0.1) is 11.0 Å². The van der Waals surface area contributed by atoms with Gasteiger partial charge in [0, 0.05) is 36.5 Å². The normalized spacial score (nSPS) is 10.7. The summed E-state index contributed by atoms with van der Waals surface area (Å²) in [4.78, 5) is 0. The minimum Gasteiger partial charge on any atom is -0.385 e. The van der Waals surface area contributed by atoms with Crippen molar-refractivity contribution in [3.63, 3.8) is 0 Å². The minimum atomic E-state index is 0.515. The average molecular weight is 452 g/mol. The van der Waals surface area contributed by atoms with Crippen LogP contribution < -0.4 is 10.6 Å². The molecule has 0 saturated heterocycles. The van der Waals surface area contributed by atoms with Gasteiger partial charge in [0.25, 0.3) is 0 Å². The Kier molecular flexibility index (Phi) is 7.77. The summed E-state index contributed by atoms with van der Waals surface area (Å²) in [5.74, 6) is 0.643. The fourth-order valence-electron chi connectivity index (χ4n) is 1.96. The predicted octanol–water partition coefficient (Wildman–Crippen LogP) is 4.32. The maximum absolute atomic E-state index is 6.20. The van der Waals surface area contributed by atoms with Crippen molar-refractivity contribution < 1.29 is 4.74 Å². The van der Waals surface area contributed by atoms with Crippen LogP contribution in [0.15, 0.2) is 28.9 Å². The van der Waals surface area contributed by atoms with Crippen molar-refractivity contribution >= 4 is 62.3 Å². The molecule has 9 heteroatoms. The summed E-state index contributed by atoms with van der Waals surface area (Å²) < 4.78 is 7.58. The average Bonchev–Trinajstić information content (AvgIpc) is 2.86. The van der Waals surface area contributed by atoms with Crippen LogP contribution in [0.3, 0.4) is 0 Å². The number of nitrogens with one attached hydrogen (secondary N) is 2. The van der Waals surface area contributed by atoms with E-state index in [1.807, 2.05) is 12.3 Å². The number of aromatic nitrogens is 2. The molecule has 0 fully saturated rings. The van der Waals surface area contributed by atoms with E-state index >= 15 is 0 Å². The molecular formula is C15H17BrCl2N4OS. The number of nitrogens with zero attached hydrogens (tertiary/aromatic N) is 2. The van der Waals surface area contributed by atoms with Gasteiger partial charge in [-0.2, -0.15) is 5.10 Å². The van der Waals surface area contributed by atoms with Crippen molar-refractivity contribution in [2.75, 3.05) is 25.6 Å². The highest BCUT2D eigenvalue weighted by molar-refractivity contribution is 9.10. The number of rotatable bonds is 7. The Morgan fingerprint density at radius 3 is 2.92 bits per heavy atom. The van der Waals surface area contributed by atoms with Gasteiger partial charge in [-0.3, -0.25) is 4.68 Å². The first-order valence-electron chi connectivity index (χ1n) is 7.20. The zero-order valence-corrected chi connectivity index (χ0v) is 16.9. The maximum Gasteiger partial charge on any atom is 0.172 e. The van der Waals surface area contributed by atoms with E-state index in [1.165, 1.54) is 0 Å². The molecule has 0 atom stereocenters. The standard InChI is InChI=1S/C15H17BrCl2N4OS/c1-23-6-2-5-19-15(24)20-14-12(16)9-22(21-14)8-10-3-4-11(17)7-13(10)18/h3-4,7,9H,2,5-6,8H2,1H3,(H2,19,20,21,24). The van der Waals surface area contributed by atoms with Crippen molar-refractivity contribution in [2.45, 2.75) is 13.0 Å². The van der Waals surface area contributed by atoms with Crippen molar-refractivity contribution in [1.29, 1.82) is 0 Å². The smallest absolute Gasteiger partial charge is 0.172 e. The Bertz CT molecular complexity index is 711. The molecule has 5 nitrogen and oxygen atoms in total. The van der Waals surface area contributed by atoms with E-state index in [4.69, 9.17) is 40.2 Å². The molecule has 2 rings (SSSR count). The van der Waals surface area contributed by atoms with Gasteiger partial charge in [-0.05, 0) is 52.3 Å². The lowest BCUT2D eigenvalue weighted by molar-refractivity contribution is 0.196. The van der Waals surface area contributed by atoms with Gasteiger partial charge in [0.2, 0.25) is 0 Å². The lowest BCUT2D eigenvalue weighted by Gasteiger charge is -2.08. The van der Waals surface area contributed by atoms with E-state index in [2.05, 4.69) is 31.7 Å². The number of ether oxygens (including phenoxy) is 1. The molecule has 0 aliphatic heterocycles. The van der Waals surface area contributed by atoms with Crippen LogP contribution in [-0.4, -0.2) is 35.2 Å². The molecule has 2 N–H and O–H groups in total. The van der Waals surface area contributed by atoms with Crippen LogP contribution >= 0.6 is 51.3 Å². The third kappa shape index (κ3) is 5.89. The summed E-state index contributed by atoms with van der Waals surface area (Å²) in [5, 5.41) is 12.4. The number of hydrogen-bond donors (Lipinski definition) is 2. The van der Waals surface area contributed by atoms with Crippen LogP contribution in [0.2, 0.25) is 10.0 Å². The quantitative estimate of drug-likeness (QED) is 0.484. The fraction of sp³-hybridized carbons (Fsp3) is 0.333. The van der Waals surface area contributed by atoms with Crippen LogP contribution in [0.5, 0.6) is 0 Å². The van der Waals surface area contributed by atoms with Gasteiger partial charge in [0.1, 0.15) is 0 Å². The lowest BCUT2D eigenvalue weighted by atomic mass is 10.2. The number of thiocarbonyl (C=S) groups is 1. The maximum atomic E-state index is 6.20. The first-order valence-corrected chi connectivity index (χ1v) is 9.16. The summed E-state index contributed by atoms with van der Waals surface area (Å²) in [6, 6.07) is 5.41. The molecule has 0 aliphatic rings. The molecule has 1 heterocycles. The van der Waals surface area contributed by atoms with Gasteiger partial charge in [-0.25, -0.2) is 0 Å². The third-order valence-corrected chi connectivity index (χ3v) is 4.52. The van der Waals surface area contributed by atoms with Crippen LogP contribution in [0.4, 0.5) is 5.82 Å². The Morgan fingerprint density at radius 2 is 2.21 bits per heavy atom. The van der Waals surface area contributed by atoms with E-state index in [-0.39, 0.29) is 0 Å². The number of methoxy groups -OCH3 is 1. The summed E-state index contributed by atoms with van der Waals surface area (Å²) in [6.45, 7) is 1.96. The van der Waals surface area contributed by atoms with Crippen molar-refractivity contribution in [3.8, 4) is 0 Å². The summed E-state index contributed by atoms with van der Waals surface area (Å²) in [7, 11) is 1.67. The van der Waals surface area contributed by atoms with E-state index in [9.17, 15) is 0 Å². The Labute approximate surface area is 164 Å². The predicted molar refractivity (Wildman–Crippen MR) is 106 cm³/mol. The van der Waals surface area contributed by atoms with Crippen molar-refractivity contribution in [1.82, 2.24) is 15.1 Å². The second kappa shape index (κ2) is 9.58. The fourth-order valence-corrected chi connectivity index (χ4v) is 3.04. The topological polar surface area (TPSA) is 51.1 Å². The Morgan fingerprint density at radius 1 is 1.42 bits per heavy atom. The monoisotopic (exact) mass is 450 g/mol. The van der Waals surface area contributed by atoms with E-state index in [1.54, 1.807) is 23.9 Å². The van der Waals surface area contributed by atoms with Gasteiger partial charge in [0.15, 0.2) is 10.9 Å². The van der Waals surface area contributed by atoms with Gasteiger partial charge >= 0.3 is 0 Å². The van der Waals surface area contributed by atoms with Gasteiger partial charge in [-0.15, -0.1) is 0 Å². The summed E-state index contributed by atoms with van der Waals surface area (Å²) in [6.07, 6.45) is 2.74. The second-order valence-corrected chi connectivity index (χ2v) is 7.09. The molecule has 0 radical (unpaired) electrons. The highest BCUT2D eigenvalue weighted by Gasteiger charge is 2.10. The Balaban J connectivity index is 1.95. The number of anilines is 1. The molecule has 0 bridgehead atoms. The zero-order valence-electron chi connectivity index (χ0n) is 13.0. The van der Waals surface area contributed by atoms with Crippen molar-refractivity contribution in [3.05, 3.63) is 44.5 Å². The van der Waals surface area contributed by atoms with E-state index < -0.39 is 0 Å². The summed E-state index contributed by atoms with van der Waals surface area (Å²) in [5.41, 5.74) is 0.933. The Hall–Kier alpha value is -0.860. The first-order chi connectivity index (χ1) is 11.5. The second-order valence-electron chi connectivity index (χ2n) is 4.99. The molecule has 0 spiro atoms. The van der Waals surface area contributed by atoms with Crippen LogP contribution in [-0.2, 0) is 11.3 Å².